The second-order valence-corrected chi connectivity index (χ2v) is 7.04. The summed E-state index contributed by atoms with van der Waals surface area (Å²) in [7, 11) is 0. The molecule has 146 valence electrons. The average molecular weight is 395 g/mol. The molecule has 2 saturated heterocycles. The number of rotatable bonds is 2. The third kappa shape index (κ3) is 5.92. The van der Waals surface area contributed by atoms with Gasteiger partial charge in [-0.15, -0.1) is 11.3 Å². The number of hydrogen-bond acceptors (Lipinski definition) is 6. The number of carbonyl (C=O) groups excluding carboxylic acids is 1. The first-order chi connectivity index (χ1) is 12.2. The molecule has 0 bridgehead atoms. The summed E-state index contributed by atoms with van der Waals surface area (Å²) in [6.45, 7) is 6.70. The zero-order valence-corrected chi connectivity index (χ0v) is 14.9. The van der Waals surface area contributed by atoms with Gasteiger partial charge in [0.05, 0.1) is 19.3 Å². The number of fused-ring (bicyclic) bond motifs is 1. The summed E-state index contributed by atoms with van der Waals surface area (Å²) in [5, 5.41) is 10.3. The topological polar surface area (TPSA) is 83.0 Å². The molecule has 1 amide bonds. The third-order valence-corrected chi connectivity index (χ3v) is 4.90. The zero-order valence-electron chi connectivity index (χ0n) is 14.1. The van der Waals surface area contributed by atoms with Crippen LogP contribution in [0.25, 0.3) is 0 Å². The molecule has 11 heteroatoms. The van der Waals surface area contributed by atoms with Crippen molar-refractivity contribution in [3.63, 3.8) is 0 Å². The van der Waals surface area contributed by atoms with Gasteiger partial charge in [-0.1, -0.05) is 0 Å². The Labute approximate surface area is 152 Å². The van der Waals surface area contributed by atoms with Crippen molar-refractivity contribution in [3.8, 4) is 0 Å². The van der Waals surface area contributed by atoms with Gasteiger partial charge >= 0.3 is 12.1 Å². The summed E-state index contributed by atoms with van der Waals surface area (Å²) in [6.07, 6.45) is -2.97. The lowest BCUT2D eigenvalue weighted by Crippen LogP contribution is -2.35. The number of hydrogen-bond donors (Lipinski definition) is 1. The van der Waals surface area contributed by atoms with Crippen LogP contribution < -0.4 is 0 Å². The van der Waals surface area contributed by atoms with Gasteiger partial charge in [0.1, 0.15) is 5.01 Å². The molecule has 0 saturated carbocycles. The minimum Gasteiger partial charge on any atom is -0.475 e. The van der Waals surface area contributed by atoms with E-state index in [4.69, 9.17) is 14.6 Å². The van der Waals surface area contributed by atoms with Crippen LogP contribution in [0.2, 0.25) is 0 Å². The summed E-state index contributed by atoms with van der Waals surface area (Å²) >= 11 is 1.69. The van der Waals surface area contributed by atoms with Gasteiger partial charge in [-0.25, -0.2) is 9.78 Å². The smallest absolute Gasteiger partial charge is 0.475 e. The summed E-state index contributed by atoms with van der Waals surface area (Å²) in [4.78, 5) is 29.1. The Kier molecular flexibility index (Phi) is 6.95. The number of aromatic nitrogens is 1. The van der Waals surface area contributed by atoms with Gasteiger partial charge in [0, 0.05) is 50.6 Å². The molecule has 3 heterocycles. The number of amides is 1. The minimum atomic E-state index is -5.08. The lowest BCUT2D eigenvalue weighted by Gasteiger charge is -2.22. The molecule has 2 atom stereocenters. The average Bonchev–Trinajstić information content (AvgIpc) is 3.12. The van der Waals surface area contributed by atoms with E-state index in [0.717, 1.165) is 37.7 Å². The molecule has 1 N–H and O–H groups in total. The molecule has 0 spiro atoms. The fourth-order valence-corrected chi connectivity index (χ4v) is 3.58. The molecular weight excluding hydrogens is 375 g/mol. The maximum absolute atomic E-state index is 11.5. The number of likely N-dealkylation sites (tertiary alicyclic amines) is 1. The van der Waals surface area contributed by atoms with Gasteiger partial charge in [0.25, 0.3) is 0 Å². The van der Waals surface area contributed by atoms with Gasteiger partial charge < -0.3 is 14.7 Å². The monoisotopic (exact) mass is 395 g/mol. The summed E-state index contributed by atoms with van der Waals surface area (Å²) in [5.41, 5.74) is 0. The molecule has 2 aliphatic rings. The van der Waals surface area contributed by atoms with Crippen molar-refractivity contribution in [3.05, 3.63) is 16.6 Å². The van der Waals surface area contributed by atoms with Gasteiger partial charge in [-0.2, -0.15) is 13.2 Å². The maximum atomic E-state index is 11.5. The number of thiazole rings is 1. The van der Waals surface area contributed by atoms with Crippen LogP contribution in [0, 0.1) is 5.92 Å². The standard InChI is InChI=1S/C13H19N3O2S.C2HF3O2/c1-10(17)16-3-4-18-12-8-15(6-11(12)7-16)9-13-14-2-5-19-13;3-2(4,5)1(6)7/h2,5,11-12H,3-4,6-9H2,1H3;(H,6,7)/t11-,12-;/m1./s1. The Balaban J connectivity index is 0.000000298. The van der Waals surface area contributed by atoms with Crippen molar-refractivity contribution in [1.82, 2.24) is 14.8 Å². The van der Waals surface area contributed by atoms with Crippen LogP contribution in [0.5, 0.6) is 0 Å². The van der Waals surface area contributed by atoms with E-state index in [0.29, 0.717) is 12.5 Å². The second-order valence-electron chi connectivity index (χ2n) is 6.06. The van der Waals surface area contributed by atoms with E-state index in [1.807, 2.05) is 16.5 Å². The Morgan fingerprint density at radius 3 is 2.62 bits per heavy atom. The Morgan fingerprint density at radius 2 is 2.08 bits per heavy atom. The van der Waals surface area contributed by atoms with E-state index >= 15 is 0 Å². The molecule has 0 unspecified atom stereocenters. The number of halogens is 3. The van der Waals surface area contributed by atoms with Crippen LogP contribution in [0.15, 0.2) is 11.6 Å². The van der Waals surface area contributed by atoms with Crippen molar-refractivity contribution < 1.29 is 32.6 Å². The van der Waals surface area contributed by atoms with Crippen molar-refractivity contribution in [2.45, 2.75) is 25.7 Å². The molecule has 2 aliphatic heterocycles. The van der Waals surface area contributed by atoms with E-state index in [-0.39, 0.29) is 12.0 Å². The van der Waals surface area contributed by atoms with Crippen LogP contribution in [-0.4, -0.2) is 76.8 Å². The molecule has 3 rings (SSSR count). The molecule has 7 nitrogen and oxygen atoms in total. The molecule has 0 radical (unpaired) electrons. The van der Waals surface area contributed by atoms with E-state index in [9.17, 15) is 18.0 Å². The number of carboxylic acids is 1. The van der Waals surface area contributed by atoms with E-state index in [2.05, 4.69) is 9.88 Å². The fraction of sp³-hybridized carbons (Fsp3) is 0.667. The molecule has 0 aromatic carbocycles. The summed E-state index contributed by atoms with van der Waals surface area (Å²) < 4.78 is 37.6. The molecule has 2 fully saturated rings. The van der Waals surface area contributed by atoms with Crippen LogP contribution >= 0.6 is 11.3 Å². The highest BCUT2D eigenvalue weighted by Gasteiger charge is 2.38. The molecule has 1 aromatic rings. The number of aliphatic carboxylic acids is 1. The Morgan fingerprint density at radius 1 is 1.38 bits per heavy atom. The van der Waals surface area contributed by atoms with E-state index in [1.165, 1.54) is 0 Å². The Hall–Kier alpha value is -1.72. The van der Waals surface area contributed by atoms with Crippen molar-refractivity contribution in [2.24, 2.45) is 5.92 Å². The zero-order chi connectivity index (χ0) is 19.3. The van der Waals surface area contributed by atoms with Crippen LogP contribution in [0.4, 0.5) is 13.2 Å². The first-order valence-corrected chi connectivity index (χ1v) is 8.82. The number of nitrogens with zero attached hydrogens (tertiary/aromatic N) is 3. The number of alkyl halides is 3. The lowest BCUT2D eigenvalue weighted by molar-refractivity contribution is -0.192. The van der Waals surface area contributed by atoms with Gasteiger partial charge in [0.15, 0.2) is 0 Å². The SMILES string of the molecule is CC(=O)N1CCO[C@@H]2CN(Cc3nccs3)C[C@@H]2C1.O=C(O)C(F)(F)F. The van der Waals surface area contributed by atoms with E-state index < -0.39 is 12.1 Å². The molecule has 1 aromatic heterocycles. The van der Waals surface area contributed by atoms with Gasteiger partial charge in [-0.3, -0.25) is 9.69 Å². The minimum absolute atomic E-state index is 0.155. The van der Waals surface area contributed by atoms with Crippen molar-refractivity contribution in [2.75, 3.05) is 32.8 Å². The van der Waals surface area contributed by atoms with Gasteiger partial charge in [0.2, 0.25) is 5.91 Å². The van der Waals surface area contributed by atoms with Crippen LogP contribution in [0.3, 0.4) is 0 Å². The predicted molar refractivity (Wildman–Crippen MR) is 86.6 cm³/mol. The molecule has 0 aliphatic carbocycles. The second kappa shape index (κ2) is 8.78. The molecule has 26 heavy (non-hydrogen) atoms. The van der Waals surface area contributed by atoms with Crippen LogP contribution in [-0.2, 0) is 20.9 Å². The maximum Gasteiger partial charge on any atom is 0.490 e. The van der Waals surface area contributed by atoms with Crippen molar-refractivity contribution in [1.29, 1.82) is 0 Å². The first kappa shape index (κ1) is 20.6. The summed E-state index contributed by atoms with van der Waals surface area (Å²) in [6, 6.07) is 0. The number of carbonyl (C=O) groups is 2. The highest BCUT2D eigenvalue weighted by Crippen LogP contribution is 2.25. The Bertz CT molecular complexity index is 612. The van der Waals surface area contributed by atoms with Gasteiger partial charge in [-0.05, 0) is 0 Å². The fourth-order valence-electron chi connectivity index (χ4n) is 2.92. The highest BCUT2D eigenvalue weighted by molar-refractivity contribution is 7.09. The number of ether oxygens (including phenoxy) is 1. The van der Waals surface area contributed by atoms with Crippen LogP contribution in [0.1, 0.15) is 11.9 Å². The normalized spacial score (nSPS) is 23.6. The number of carboxylic acid groups (broad SMARTS) is 1. The van der Waals surface area contributed by atoms with E-state index in [1.54, 1.807) is 18.3 Å². The lowest BCUT2D eigenvalue weighted by atomic mass is 10.1. The molecular formula is C15H20F3N3O4S. The first-order valence-electron chi connectivity index (χ1n) is 7.94. The summed E-state index contributed by atoms with van der Waals surface area (Å²) in [5.74, 6) is -2.17. The predicted octanol–water partition coefficient (Wildman–Crippen LogP) is 1.46. The van der Waals surface area contributed by atoms with Crippen molar-refractivity contribution >= 4 is 23.2 Å². The quantitative estimate of drug-likeness (QED) is 0.816. The highest BCUT2D eigenvalue weighted by atomic mass is 32.1. The third-order valence-electron chi connectivity index (χ3n) is 4.13. The largest absolute Gasteiger partial charge is 0.490 e.